The summed E-state index contributed by atoms with van der Waals surface area (Å²) < 4.78 is 32.0. The van der Waals surface area contributed by atoms with Gasteiger partial charge in [-0.1, -0.05) is 0 Å². The fourth-order valence-electron chi connectivity index (χ4n) is 3.22. The molecule has 148 valence electrons. The summed E-state index contributed by atoms with van der Waals surface area (Å²) in [6.07, 6.45) is 1.28. The Kier molecular flexibility index (Phi) is 6.59. The topological polar surface area (TPSA) is 61.8 Å². The van der Waals surface area contributed by atoms with Crippen LogP contribution in [0.5, 0.6) is 0 Å². The van der Waals surface area contributed by atoms with E-state index in [2.05, 4.69) is 0 Å². The van der Waals surface area contributed by atoms with Gasteiger partial charge in [-0.15, -0.1) is 0 Å². The van der Waals surface area contributed by atoms with Gasteiger partial charge in [0, 0.05) is 0 Å². The predicted molar refractivity (Wildman–Crippen MR) is 110 cm³/mol. The molecular formula is C21H23O5PSe. The maximum atomic E-state index is 13.6. The van der Waals surface area contributed by atoms with Gasteiger partial charge in [0.05, 0.1) is 0 Å². The van der Waals surface area contributed by atoms with Gasteiger partial charge >= 0.3 is 172 Å². The van der Waals surface area contributed by atoms with Crippen molar-refractivity contribution in [2.45, 2.75) is 25.4 Å². The molecule has 2 aromatic carbocycles. The second-order valence-electron chi connectivity index (χ2n) is 6.25. The molecule has 5 nitrogen and oxygen atoms in total. The van der Waals surface area contributed by atoms with E-state index in [1.165, 1.54) is 14.2 Å². The van der Waals surface area contributed by atoms with Crippen molar-refractivity contribution < 1.29 is 23.1 Å². The van der Waals surface area contributed by atoms with Crippen LogP contribution in [-0.4, -0.2) is 35.1 Å². The molecule has 2 atom stereocenters. The van der Waals surface area contributed by atoms with Gasteiger partial charge in [0.25, 0.3) is 0 Å². The van der Waals surface area contributed by atoms with E-state index in [1.807, 2.05) is 55.5 Å². The molecule has 0 saturated carbocycles. The van der Waals surface area contributed by atoms with E-state index >= 15 is 0 Å². The quantitative estimate of drug-likeness (QED) is 0.352. The number of rotatable bonds is 7. The van der Waals surface area contributed by atoms with E-state index in [4.69, 9.17) is 13.8 Å². The van der Waals surface area contributed by atoms with E-state index in [9.17, 15) is 9.36 Å². The number of carbonyl (C=O) groups excluding carboxylic acids is 1. The molecule has 0 radical (unpaired) electrons. The summed E-state index contributed by atoms with van der Waals surface area (Å²) in [4.78, 5) is 13.1. The van der Waals surface area contributed by atoms with Crippen LogP contribution in [0, 0.1) is 0 Å². The van der Waals surface area contributed by atoms with E-state index in [-0.39, 0.29) is 15.0 Å². The normalized spacial score (nSPS) is 24.4. The third-order valence-corrected chi connectivity index (χ3v) is 9.57. The molecule has 0 amide bonds. The minimum atomic E-state index is -3.63. The Morgan fingerprint density at radius 2 is 1.68 bits per heavy atom. The van der Waals surface area contributed by atoms with E-state index in [0.29, 0.717) is 21.8 Å². The van der Waals surface area contributed by atoms with Crippen molar-refractivity contribution in [2.75, 3.05) is 14.2 Å². The van der Waals surface area contributed by atoms with Crippen molar-refractivity contribution in [3.8, 4) is 0 Å². The summed E-state index contributed by atoms with van der Waals surface area (Å²) in [6, 6.07) is 18.9. The van der Waals surface area contributed by atoms with Crippen LogP contribution in [0.1, 0.15) is 25.3 Å². The monoisotopic (exact) mass is 466 g/mol. The number of allylic oxidation sites excluding steroid dienone is 1. The minimum absolute atomic E-state index is 0.305. The molecule has 1 aliphatic rings. The Morgan fingerprint density at radius 1 is 1.07 bits per heavy atom. The molecule has 2 aromatic rings. The zero-order valence-corrected chi connectivity index (χ0v) is 18.7. The summed E-state index contributed by atoms with van der Waals surface area (Å²) in [6.45, 7) is 2.00. The van der Waals surface area contributed by atoms with E-state index < -0.39 is 19.2 Å². The first-order valence-corrected chi connectivity index (χ1v) is 12.2. The predicted octanol–water partition coefficient (Wildman–Crippen LogP) is 3.97. The number of methoxy groups -OCH3 is 1. The SMILES string of the molecule is CCCC1=C([Se]c2ccccc2)C(C(=O)OC)(c2ccccc2)OP1(=O)OC. The molecule has 7 heteroatoms. The zero-order chi connectivity index (χ0) is 20.2. The van der Waals surface area contributed by atoms with Crippen LogP contribution >= 0.6 is 7.60 Å². The van der Waals surface area contributed by atoms with Gasteiger partial charge in [0.2, 0.25) is 0 Å². The zero-order valence-electron chi connectivity index (χ0n) is 16.1. The molecule has 0 N–H and O–H groups in total. The second-order valence-corrected chi connectivity index (χ2v) is 10.6. The summed E-state index contributed by atoms with van der Waals surface area (Å²) in [5.74, 6) is -0.588. The second kappa shape index (κ2) is 8.77. The number of hydrogen-bond donors (Lipinski definition) is 0. The maximum absolute atomic E-state index is 13.6. The third kappa shape index (κ3) is 3.63. The molecule has 0 fully saturated rings. The Bertz CT molecular complexity index is 913. The van der Waals surface area contributed by atoms with Gasteiger partial charge in [0.15, 0.2) is 0 Å². The van der Waals surface area contributed by atoms with Crippen molar-refractivity contribution in [1.29, 1.82) is 0 Å². The van der Waals surface area contributed by atoms with Crippen molar-refractivity contribution >= 4 is 33.0 Å². The number of benzene rings is 2. The summed E-state index contributed by atoms with van der Waals surface area (Å²) in [5, 5.41) is 0.593. The fraction of sp³-hybridized carbons (Fsp3) is 0.286. The average Bonchev–Trinajstić information content (AvgIpc) is 2.99. The van der Waals surface area contributed by atoms with Crippen LogP contribution in [-0.2, 0) is 28.7 Å². The van der Waals surface area contributed by atoms with Gasteiger partial charge in [0.1, 0.15) is 0 Å². The molecule has 1 heterocycles. The van der Waals surface area contributed by atoms with Gasteiger partial charge in [-0.05, 0) is 0 Å². The van der Waals surface area contributed by atoms with Gasteiger partial charge in [-0.3, -0.25) is 0 Å². The molecule has 2 unspecified atom stereocenters. The van der Waals surface area contributed by atoms with Crippen molar-refractivity contribution in [2.24, 2.45) is 0 Å². The molecule has 0 aliphatic carbocycles. The number of carbonyl (C=O) groups is 1. The van der Waals surface area contributed by atoms with Crippen molar-refractivity contribution in [1.82, 2.24) is 0 Å². The van der Waals surface area contributed by atoms with Crippen LogP contribution < -0.4 is 4.46 Å². The molecule has 0 saturated heterocycles. The molecule has 1 aliphatic heterocycles. The summed E-state index contributed by atoms with van der Waals surface area (Å²) in [5.41, 5.74) is -0.972. The molecule has 0 bridgehead atoms. The molecular weight excluding hydrogens is 442 g/mol. The molecule has 28 heavy (non-hydrogen) atoms. The van der Waals surface area contributed by atoms with Crippen molar-refractivity contribution in [3.05, 3.63) is 76.0 Å². The number of esters is 1. The molecule has 0 spiro atoms. The van der Waals surface area contributed by atoms with E-state index in [1.54, 1.807) is 12.1 Å². The fourth-order valence-corrected chi connectivity index (χ4v) is 8.63. The number of hydrogen-bond acceptors (Lipinski definition) is 5. The van der Waals surface area contributed by atoms with Crippen LogP contribution in [0.15, 0.2) is 70.4 Å². The average molecular weight is 465 g/mol. The van der Waals surface area contributed by atoms with Gasteiger partial charge in [-0.25, -0.2) is 0 Å². The van der Waals surface area contributed by atoms with E-state index in [0.717, 1.165) is 10.9 Å². The van der Waals surface area contributed by atoms with Crippen molar-refractivity contribution in [3.63, 3.8) is 0 Å². The summed E-state index contributed by atoms with van der Waals surface area (Å²) in [7, 11) is -0.949. The Hall–Kier alpha value is -1.68. The van der Waals surface area contributed by atoms with Gasteiger partial charge in [-0.2, -0.15) is 0 Å². The van der Waals surface area contributed by atoms with Crippen LogP contribution in [0.2, 0.25) is 0 Å². The Morgan fingerprint density at radius 3 is 2.21 bits per heavy atom. The first-order chi connectivity index (χ1) is 13.5. The van der Waals surface area contributed by atoms with Crippen LogP contribution in [0.25, 0.3) is 0 Å². The molecule has 0 aromatic heterocycles. The van der Waals surface area contributed by atoms with Gasteiger partial charge < -0.3 is 0 Å². The first-order valence-electron chi connectivity index (χ1n) is 8.99. The Balaban J connectivity index is 2.29. The van der Waals surface area contributed by atoms with Crippen LogP contribution in [0.3, 0.4) is 0 Å². The summed E-state index contributed by atoms with van der Waals surface area (Å²) >= 11 is -0.305. The number of ether oxygens (including phenoxy) is 1. The first kappa shape index (κ1) is 21.0. The Labute approximate surface area is 171 Å². The standard InChI is InChI=1S/C21H23O5PSe/c1-4-11-18-19(28-17-14-9-6-10-15-17)21(20(22)24-2,26-27(18,23)25-3)16-12-7-5-8-13-16/h5-10,12-15H,4,11H2,1-3H3. The van der Waals surface area contributed by atoms with Crippen LogP contribution in [0.4, 0.5) is 0 Å². The third-order valence-electron chi connectivity index (χ3n) is 4.51. The molecule has 3 rings (SSSR count).